The van der Waals surface area contributed by atoms with Crippen LogP contribution in [0.5, 0.6) is 0 Å². The van der Waals surface area contributed by atoms with Crippen LogP contribution in [0.4, 0.5) is 13.2 Å². The lowest BCUT2D eigenvalue weighted by molar-refractivity contribution is -0.150. The number of aromatic nitrogens is 1. The lowest BCUT2D eigenvalue weighted by Gasteiger charge is -2.37. The van der Waals surface area contributed by atoms with Crippen molar-refractivity contribution in [3.63, 3.8) is 0 Å². The fourth-order valence-corrected chi connectivity index (χ4v) is 4.81. The minimum atomic E-state index is -2.76. The maximum absolute atomic E-state index is 13.4. The molecule has 1 saturated carbocycles. The summed E-state index contributed by atoms with van der Waals surface area (Å²) in [7, 11) is 0. The number of nitrogens with one attached hydrogen (secondary N) is 1. The van der Waals surface area contributed by atoms with Crippen molar-refractivity contribution in [2.24, 2.45) is 11.8 Å². The van der Waals surface area contributed by atoms with E-state index in [-0.39, 0.29) is 18.3 Å². The van der Waals surface area contributed by atoms with Crippen LogP contribution in [0, 0.1) is 17.7 Å². The van der Waals surface area contributed by atoms with Gasteiger partial charge in [0.2, 0.25) is 17.7 Å². The normalized spacial score (nSPS) is 21.5. The van der Waals surface area contributed by atoms with Crippen LogP contribution in [-0.2, 0) is 16.0 Å². The molecule has 2 atom stereocenters. The molecule has 2 amide bonds. The van der Waals surface area contributed by atoms with E-state index in [0.717, 1.165) is 16.1 Å². The Bertz CT molecular complexity index is 939. The molecule has 1 aromatic heterocycles. The number of halogens is 3. The van der Waals surface area contributed by atoms with E-state index in [1.807, 2.05) is 0 Å². The van der Waals surface area contributed by atoms with Gasteiger partial charge in [0.05, 0.1) is 17.1 Å². The summed E-state index contributed by atoms with van der Waals surface area (Å²) >= 11 is 1.53. The first-order valence-electron chi connectivity index (χ1n) is 9.89. The zero-order valence-electron chi connectivity index (χ0n) is 16.4. The molecule has 1 aliphatic heterocycles. The molecule has 2 aromatic rings. The number of alkyl halides is 2. The summed E-state index contributed by atoms with van der Waals surface area (Å²) in [6, 6.07) is 5.60. The SMILES string of the molecule is CC(CNC(=O)C1CC(F)(F)C1)C(=O)N1CCc2scnc2C1c1ccc(F)cc1. The van der Waals surface area contributed by atoms with Crippen LogP contribution in [-0.4, -0.2) is 40.7 Å². The van der Waals surface area contributed by atoms with Crippen LogP contribution in [0.25, 0.3) is 0 Å². The Kier molecular flexibility index (Phi) is 5.57. The van der Waals surface area contributed by atoms with Gasteiger partial charge >= 0.3 is 0 Å². The molecular weight excluding hydrogens is 415 g/mol. The zero-order valence-corrected chi connectivity index (χ0v) is 17.2. The van der Waals surface area contributed by atoms with E-state index in [4.69, 9.17) is 0 Å². The number of benzene rings is 1. The second kappa shape index (κ2) is 8.02. The lowest BCUT2D eigenvalue weighted by Crippen LogP contribution is -2.48. The van der Waals surface area contributed by atoms with Gasteiger partial charge in [-0.15, -0.1) is 11.3 Å². The van der Waals surface area contributed by atoms with Crippen molar-refractivity contribution in [2.45, 2.75) is 38.2 Å². The van der Waals surface area contributed by atoms with E-state index in [1.165, 1.54) is 23.5 Å². The first-order chi connectivity index (χ1) is 14.2. The zero-order chi connectivity index (χ0) is 21.5. The minimum absolute atomic E-state index is 0.0797. The summed E-state index contributed by atoms with van der Waals surface area (Å²) in [4.78, 5) is 32.5. The van der Waals surface area contributed by atoms with Gasteiger partial charge in [-0.25, -0.2) is 18.2 Å². The average molecular weight is 437 g/mol. The summed E-state index contributed by atoms with van der Waals surface area (Å²) in [5, 5.41) is 2.64. The summed E-state index contributed by atoms with van der Waals surface area (Å²) in [5.74, 6) is -4.94. The number of fused-ring (bicyclic) bond motifs is 1. The van der Waals surface area contributed by atoms with Gasteiger partial charge in [-0.3, -0.25) is 9.59 Å². The van der Waals surface area contributed by atoms with E-state index in [1.54, 1.807) is 29.5 Å². The second-order valence-corrected chi connectivity index (χ2v) is 8.94. The molecule has 1 fully saturated rings. The molecule has 4 rings (SSSR count). The summed E-state index contributed by atoms with van der Waals surface area (Å²) in [6.45, 7) is 2.27. The molecule has 1 aromatic carbocycles. The molecule has 0 radical (unpaired) electrons. The molecule has 1 aliphatic carbocycles. The van der Waals surface area contributed by atoms with Crippen LogP contribution in [0.2, 0.25) is 0 Å². The fourth-order valence-electron chi connectivity index (χ4n) is 4.02. The van der Waals surface area contributed by atoms with Crippen LogP contribution in [0.3, 0.4) is 0 Å². The van der Waals surface area contributed by atoms with E-state index in [2.05, 4.69) is 10.3 Å². The van der Waals surface area contributed by atoms with E-state index in [0.29, 0.717) is 13.0 Å². The molecule has 2 aliphatic rings. The van der Waals surface area contributed by atoms with Gasteiger partial charge in [0, 0.05) is 43.1 Å². The van der Waals surface area contributed by atoms with Crippen LogP contribution >= 0.6 is 11.3 Å². The number of carbonyl (C=O) groups is 2. The highest BCUT2D eigenvalue weighted by Crippen LogP contribution is 2.42. The Labute approximate surface area is 176 Å². The molecule has 2 unspecified atom stereocenters. The molecule has 0 bridgehead atoms. The van der Waals surface area contributed by atoms with E-state index >= 15 is 0 Å². The predicted molar refractivity (Wildman–Crippen MR) is 106 cm³/mol. The highest BCUT2D eigenvalue weighted by molar-refractivity contribution is 7.09. The van der Waals surface area contributed by atoms with E-state index in [9.17, 15) is 22.8 Å². The topological polar surface area (TPSA) is 62.3 Å². The third-order valence-corrected chi connectivity index (χ3v) is 6.67. The Hall–Kier alpha value is -2.42. The molecule has 1 N–H and O–H groups in total. The lowest BCUT2D eigenvalue weighted by atomic mass is 9.80. The van der Waals surface area contributed by atoms with Crippen molar-refractivity contribution in [3.8, 4) is 0 Å². The highest BCUT2D eigenvalue weighted by atomic mass is 32.1. The molecular formula is C21H22F3N3O2S. The number of nitrogens with zero attached hydrogens (tertiary/aromatic N) is 2. The maximum Gasteiger partial charge on any atom is 0.249 e. The minimum Gasteiger partial charge on any atom is -0.355 e. The van der Waals surface area contributed by atoms with Crippen molar-refractivity contribution in [1.29, 1.82) is 0 Å². The van der Waals surface area contributed by atoms with Crippen LogP contribution in [0.15, 0.2) is 29.8 Å². The monoisotopic (exact) mass is 437 g/mol. The van der Waals surface area contributed by atoms with Crippen molar-refractivity contribution in [2.75, 3.05) is 13.1 Å². The van der Waals surface area contributed by atoms with Gasteiger partial charge in [0.25, 0.3) is 0 Å². The number of carbonyl (C=O) groups excluding carboxylic acids is 2. The van der Waals surface area contributed by atoms with Gasteiger partial charge < -0.3 is 10.2 Å². The first-order valence-corrected chi connectivity index (χ1v) is 10.8. The standard InChI is InChI=1S/C21H22F3N3O2S/c1-12(10-25-19(28)14-8-21(23,24)9-14)20(29)27-7-6-16-17(26-11-30-16)18(27)13-2-4-15(22)5-3-13/h2-5,11-12,14,18H,6-10H2,1H3,(H,25,28). The van der Waals surface area contributed by atoms with Gasteiger partial charge in [-0.2, -0.15) is 0 Å². The van der Waals surface area contributed by atoms with Crippen molar-refractivity contribution in [3.05, 3.63) is 51.7 Å². The smallest absolute Gasteiger partial charge is 0.249 e. The van der Waals surface area contributed by atoms with Gasteiger partial charge in [-0.05, 0) is 17.7 Å². The van der Waals surface area contributed by atoms with E-state index < -0.39 is 42.5 Å². The molecule has 9 heteroatoms. The third-order valence-electron chi connectivity index (χ3n) is 5.76. The van der Waals surface area contributed by atoms with Crippen molar-refractivity contribution >= 4 is 23.2 Å². The van der Waals surface area contributed by atoms with Crippen molar-refractivity contribution in [1.82, 2.24) is 15.2 Å². The van der Waals surface area contributed by atoms with Crippen LogP contribution in [0.1, 0.15) is 41.9 Å². The molecule has 0 spiro atoms. The Balaban J connectivity index is 1.46. The first kappa shape index (κ1) is 20.8. The van der Waals surface area contributed by atoms with Crippen molar-refractivity contribution < 1.29 is 22.8 Å². The Morgan fingerprint density at radius 1 is 1.30 bits per heavy atom. The highest BCUT2D eigenvalue weighted by Gasteiger charge is 2.48. The molecule has 0 saturated heterocycles. The van der Waals surface area contributed by atoms with Gasteiger partial charge in [0.1, 0.15) is 11.9 Å². The number of hydrogen-bond donors (Lipinski definition) is 1. The van der Waals surface area contributed by atoms with Gasteiger partial charge in [-0.1, -0.05) is 19.1 Å². The molecule has 30 heavy (non-hydrogen) atoms. The molecule has 5 nitrogen and oxygen atoms in total. The second-order valence-electron chi connectivity index (χ2n) is 8.00. The largest absolute Gasteiger partial charge is 0.355 e. The molecule has 2 heterocycles. The third kappa shape index (κ3) is 4.08. The summed E-state index contributed by atoms with van der Waals surface area (Å²) in [6.07, 6.45) is -0.196. The molecule has 160 valence electrons. The number of hydrogen-bond acceptors (Lipinski definition) is 4. The Morgan fingerprint density at radius 3 is 2.67 bits per heavy atom. The van der Waals surface area contributed by atoms with Gasteiger partial charge in [0.15, 0.2) is 0 Å². The van der Waals surface area contributed by atoms with Crippen LogP contribution < -0.4 is 5.32 Å². The summed E-state index contributed by atoms with van der Waals surface area (Å²) in [5.41, 5.74) is 3.30. The number of rotatable bonds is 5. The average Bonchev–Trinajstić information content (AvgIpc) is 3.18. The fraction of sp³-hybridized carbons (Fsp3) is 0.476. The maximum atomic E-state index is 13.4. The summed E-state index contributed by atoms with van der Waals surface area (Å²) < 4.78 is 39.4. The number of amides is 2. The quantitative estimate of drug-likeness (QED) is 0.778. The number of thiazole rings is 1. The Morgan fingerprint density at radius 2 is 2.00 bits per heavy atom. The predicted octanol–water partition coefficient (Wildman–Crippen LogP) is 3.55.